The summed E-state index contributed by atoms with van der Waals surface area (Å²) in [4.78, 5) is 20.9. The van der Waals surface area contributed by atoms with Crippen LogP contribution in [0.4, 0.5) is 10.1 Å². The molecule has 0 saturated carbocycles. The van der Waals surface area contributed by atoms with Gasteiger partial charge in [-0.15, -0.1) is 0 Å². The van der Waals surface area contributed by atoms with Crippen LogP contribution in [0.1, 0.15) is 21.6 Å². The molecule has 1 saturated heterocycles. The van der Waals surface area contributed by atoms with E-state index in [1.807, 2.05) is 6.07 Å². The Morgan fingerprint density at radius 1 is 1.43 bits per heavy atom. The number of nitrogens with one attached hydrogen (secondary N) is 1. The smallest absolute Gasteiger partial charge is 0.274 e. The van der Waals surface area contributed by atoms with Gasteiger partial charge < -0.3 is 15.8 Å². The lowest BCUT2D eigenvalue weighted by Crippen LogP contribution is -2.40. The Labute approximate surface area is 164 Å². The highest BCUT2D eigenvalue weighted by Gasteiger charge is 2.49. The molecule has 0 aliphatic carbocycles. The van der Waals surface area contributed by atoms with Gasteiger partial charge in [-0.1, -0.05) is 11.8 Å². The van der Waals surface area contributed by atoms with Crippen molar-refractivity contribution in [2.45, 2.75) is 5.54 Å². The molecule has 1 amide bonds. The van der Waals surface area contributed by atoms with Crippen molar-refractivity contribution < 1.29 is 13.9 Å². The van der Waals surface area contributed by atoms with Crippen molar-refractivity contribution in [3.8, 4) is 6.07 Å². The fourth-order valence-corrected chi connectivity index (χ4v) is 4.39. The SMILES string of the molecule is N#Cc1ccc(C(=O)Nc2ccc(F)c(C34COCC3CSC(N)=N4)c2)nc1. The van der Waals surface area contributed by atoms with Gasteiger partial charge in [0.15, 0.2) is 5.17 Å². The first-order valence-electron chi connectivity index (χ1n) is 8.55. The standard InChI is InChI=1S/C19H16FN5O2S/c20-15-3-2-13(24-17(26)16-4-1-11(6-21)7-23-16)5-14(15)19-10-27-8-12(19)9-28-18(22)25-19/h1-5,7,12H,8-10H2,(H2,22,25)(H,24,26). The molecule has 2 atom stereocenters. The van der Waals surface area contributed by atoms with Crippen LogP contribution in [0, 0.1) is 23.1 Å². The number of ether oxygens (including phenoxy) is 1. The maximum atomic E-state index is 14.7. The molecular formula is C19H16FN5O2S. The van der Waals surface area contributed by atoms with Crippen LogP contribution in [0.3, 0.4) is 0 Å². The van der Waals surface area contributed by atoms with Crippen molar-refractivity contribution >= 4 is 28.5 Å². The normalized spacial score (nSPS) is 23.4. The number of carbonyl (C=O) groups is 1. The van der Waals surface area contributed by atoms with Crippen LogP contribution < -0.4 is 11.1 Å². The number of carbonyl (C=O) groups excluding carboxylic acids is 1. The van der Waals surface area contributed by atoms with Crippen LogP contribution in [-0.4, -0.2) is 35.0 Å². The number of thioether (sulfide) groups is 1. The van der Waals surface area contributed by atoms with Crippen molar-refractivity contribution in [1.29, 1.82) is 5.26 Å². The Kier molecular flexibility index (Phi) is 4.75. The largest absolute Gasteiger partial charge is 0.379 e. The number of hydrogen-bond acceptors (Lipinski definition) is 7. The molecule has 0 spiro atoms. The summed E-state index contributed by atoms with van der Waals surface area (Å²) in [7, 11) is 0. The van der Waals surface area contributed by atoms with Crippen molar-refractivity contribution in [2.24, 2.45) is 16.6 Å². The van der Waals surface area contributed by atoms with Crippen molar-refractivity contribution in [3.63, 3.8) is 0 Å². The first kappa shape index (κ1) is 18.4. The van der Waals surface area contributed by atoms with Gasteiger partial charge in [0.2, 0.25) is 0 Å². The summed E-state index contributed by atoms with van der Waals surface area (Å²) < 4.78 is 20.3. The van der Waals surface area contributed by atoms with Gasteiger partial charge in [0.25, 0.3) is 5.91 Å². The molecule has 2 aliphatic heterocycles. The number of aromatic nitrogens is 1. The number of hydrogen-bond donors (Lipinski definition) is 2. The minimum atomic E-state index is -0.882. The quantitative estimate of drug-likeness (QED) is 0.821. The van der Waals surface area contributed by atoms with Gasteiger partial charge in [0, 0.05) is 29.1 Å². The summed E-state index contributed by atoms with van der Waals surface area (Å²) >= 11 is 1.43. The number of rotatable bonds is 3. The Balaban J connectivity index is 1.65. The number of benzene rings is 1. The second kappa shape index (κ2) is 7.22. The van der Waals surface area contributed by atoms with Crippen molar-refractivity contribution in [2.75, 3.05) is 24.3 Å². The zero-order valence-electron chi connectivity index (χ0n) is 14.7. The number of amidine groups is 1. The van der Waals surface area contributed by atoms with E-state index in [0.29, 0.717) is 34.3 Å². The fourth-order valence-electron chi connectivity index (χ4n) is 3.42. The summed E-state index contributed by atoms with van der Waals surface area (Å²) in [5.74, 6) is -0.180. The van der Waals surface area contributed by atoms with Crippen LogP contribution in [0.15, 0.2) is 41.5 Å². The number of fused-ring (bicyclic) bond motifs is 1. The number of halogens is 1. The van der Waals surface area contributed by atoms with Crippen LogP contribution in [0.25, 0.3) is 0 Å². The van der Waals surface area contributed by atoms with E-state index >= 15 is 0 Å². The third-order valence-electron chi connectivity index (χ3n) is 4.87. The van der Waals surface area contributed by atoms with Gasteiger partial charge in [-0.3, -0.25) is 4.79 Å². The Bertz CT molecular complexity index is 1000. The molecule has 7 nitrogen and oxygen atoms in total. The lowest BCUT2D eigenvalue weighted by atomic mass is 9.81. The molecule has 0 radical (unpaired) electrons. The predicted molar refractivity (Wildman–Crippen MR) is 103 cm³/mol. The first-order chi connectivity index (χ1) is 13.5. The Hall–Kier alpha value is -2.96. The third kappa shape index (κ3) is 3.21. The molecule has 2 aromatic rings. The minimum Gasteiger partial charge on any atom is -0.379 e. The summed E-state index contributed by atoms with van der Waals surface area (Å²) in [6.45, 7) is 0.722. The molecule has 1 aromatic carbocycles. The van der Waals surface area contributed by atoms with E-state index in [1.54, 1.807) is 6.07 Å². The molecule has 1 fully saturated rings. The number of nitrogens with two attached hydrogens (primary N) is 1. The third-order valence-corrected chi connectivity index (χ3v) is 5.83. The topological polar surface area (TPSA) is 113 Å². The molecule has 2 aliphatic rings. The monoisotopic (exact) mass is 397 g/mol. The highest BCUT2D eigenvalue weighted by atomic mass is 32.2. The van der Waals surface area contributed by atoms with Gasteiger partial charge in [0.05, 0.1) is 18.8 Å². The lowest BCUT2D eigenvalue weighted by molar-refractivity contribution is 0.102. The second-order valence-electron chi connectivity index (χ2n) is 6.59. The number of anilines is 1. The number of nitrogens with zero attached hydrogens (tertiary/aromatic N) is 3. The molecule has 2 unspecified atom stereocenters. The van der Waals surface area contributed by atoms with E-state index in [1.165, 1.54) is 42.2 Å². The van der Waals surface area contributed by atoms with Crippen molar-refractivity contribution in [3.05, 3.63) is 59.2 Å². The van der Waals surface area contributed by atoms with E-state index in [0.717, 1.165) is 0 Å². The van der Waals surface area contributed by atoms with Crippen LogP contribution in [0.5, 0.6) is 0 Å². The molecule has 1 aromatic heterocycles. The minimum absolute atomic E-state index is 0.00504. The summed E-state index contributed by atoms with van der Waals surface area (Å²) in [5.41, 5.74) is 6.31. The van der Waals surface area contributed by atoms with Gasteiger partial charge >= 0.3 is 0 Å². The van der Waals surface area contributed by atoms with E-state index in [-0.39, 0.29) is 18.2 Å². The number of pyridine rings is 1. The summed E-state index contributed by atoms with van der Waals surface area (Å²) in [6.07, 6.45) is 1.32. The fraction of sp³-hybridized carbons (Fsp3) is 0.263. The maximum Gasteiger partial charge on any atom is 0.274 e. The molecule has 3 heterocycles. The Morgan fingerprint density at radius 3 is 3.04 bits per heavy atom. The van der Waals surface area contributed by atoms with Gasteiger partial charge in [-0.05, 0) is 30.3 Å². The number of amides is 1. The van der Waals surface area contributed by atoms with Crippen LogP contribution in [-0.2, 0) is 10.3 Å². The average molecular weight is 397 g/mol. The average Bonchev–Trinajstić information content (AvgIpc) is 3.13. The first-order valence-corrected chi connectivity index (χ1v) is 9.54. The molecule has 142 valence electrons. The molecule has 28 heavy (non-hydrogen) atoms. The van der Waals surface area contributed by atoms with Gasteiger partial charge in [-0.25, -0.2) is 14.4 Å². The maximum absolute atomic E-state index is 14.7. The molecule has 9 heteroatoms. The van der Waals surface area contributed by atoms with Crippen molar-refractivity contribution in [1.82, 2.24) is 4.98 Å². The van der Waals surface area contributed by atoms with E-state index in [9.17, 15) is 9.18 Å². The highest BCUT2D eigenvalue weighted by Crippen LogP contribution is 2.45. The summed E-state index contributed by atoms with van der Waals surface area (Å²) in [6, 6.07) is 9.27. The highest BCUT2D eigenvalue weighted by molar-refractivity contribution is 8.13. The number of aliphatic imine (C=N–C) groups is 1. The zero-order chi connectivity index (χ0) is 19.7. The zero-order valence-corrected chi connectivity index (χ0v) is 15.5. The number of nitriles is 1. The van der Waals surface area contributed by atoms with Crippen LogP contribution >= 0.6 is 11.8 Å². The van der Waals surface area contributed by atoms with E-state index in [2.05, 4.69) is 15.3 Å². The molecular weight excluding hydrogens is 381 g/mol. The van der Waals surface area contributed by atoms with Crippen LogP contribution in [0.2, 0.25) is 0 Å². The summed E-state index contributed by atoms with van der Waals surface area (Å²) in [5, 5.41) is 11.9. The molecule has 0 bridgehead atoms. The van der Waals surface area contributed by atoms with Gasteiger partial charge in [-0.2, -0.15) is 5.26 Å². The van der Waals surface area contributed by atoms with Gasteiger partial charge in [0.1, 0.15) is 23.1 Å². The predicted octanol–water partition coefficient (Wildman–Crippen LogP) is 2.25. The molecule has 3 N–H and O–H groups in total. The van der Waals surface area contributed by atoms with E-state index in [4.69, 9.17) is 15.7 Å². The molecule has 4 rings (SSSR count). The second-order valence-corrected chi connectivity index (χ2v) is 7.63. The Morgan fingerprint density at radius 2 is 2.29 bits per heavy atom. The van der Waals surface area contributed by atoms with E-state index < -0.39 is 17.3 Å². The lowest BCUT2D eigenvalue weighted by Gasteiger charge is -2.34.